The number of carbonyl (C=O) groups is 2. The summed E-state index contributed by atoms with van der Waals surface area (Å²) in [5.74, 6) is -1.76. The number of aromatic nitrogens is 2. The molecule has 0 unspecified atom stereocenters. The van der Waals surface area contributed by atoms with Crippen LogP contribution in [0.15, 0.2) is 4.34 Å². The second-order valence-corrected chi connectivity index (χ2v) is 7.10. The molecule has 1 N–H and O–H groups in total. The van der Waals surface area contributed by atoms with Gasteiger partial charge in [-0.15, -0.1) is 10.2 Å². The first-order valence-corrected chi connectivity index (χ1v) is 8.40. The van der Waals surface area contributed by atoms with E-state index in [1.54, 1.807) is 11.8 Å². The number of amides is 1. The van der Waals surface area contributed by atoms with Crippen LogP contribution < -0.4 is 10.4 Å². The molecule has 20 heavy (non-hydrogen) atoms. The van der Waals surface area contributed by atoms with Gasteiger partial charge in [-0.2, -0.15) is 0 Å². The molecule has 1 heterocycles. The summed E-state index contributed by atoms with van der Waals surface area (Å²) in [5.41, 5.74) is 0. The predicted molar refractivity (Wildman–Crippen MR) is 75.4 cm³/mol. The maximum Gasteiger partial charge on any atom is 0.229 e. The summed E-state index contributed by atoms with van der Waals surface area (Å²) in [6.07, 6.45) is 2.79. The van der Waals surface area contributed by atoms with Crippen LogP contribution in [0.1, 0.15) is 32.6 Å². The Labute approximate surface area is 125 Å². The fraction of sp³-hybridized carbons (Fsp3) is 0.667. The van der Waals surface area contributed by atoms with E-state index in [1.165, 1.54) is 11.3 Å². The molecule has 1 fully saturated rings. The van der Waals surface area contributed by atoms with Gasteiger partial charge in [-0.1, -0.05) is 42.9 Å². The third kappa shape index (κ3) is 3.69. The van der Waals surface area contributed by atoms with Crippen LogP contribution in [0.5, 0.6) is 0 Å². The maximum absolute atomic E-state index is 12.2. The number of thioether (sulfide) groups is 1. The fourth-order valence-corrected chi connectivity index (χ4v) is 4.02. The van der Waals surface area contributed by atoms with E-state index in [9.17, 15) is 14.7 Å². The van der Waals surface area contributed by atoms with Crippen molar-refractivity contribution in [3.63, 3.8) is 0 Å². The number of carbonyl (C=O) groups excluding carboxylic acids is 2. The van der Waals surface area contributed by atoms with Crippen LogP contribution in [0.25, 0.3) is 0 Å². The molecule has 1 amide bonds. The van der Waals surface area contributed by atoms with E-state index >= 15 is 0 Å². The summed E-state index contributed by atoms with van der Waals surface area (Å²) in [6.45, 7) is 2.01. The molecule has 1 aliphatic rings. The van der Waals surface area contributed by atoms with Crippen molar-refractivity contribution < 1.29 is 14.7 Å². The van der Waals surface area contributed by atoms with Crippen LogP contribution in [-0.4, -0.2) is 27.8 Å². The summed E-state index contributed by atoms with van der Waals surface area (Å²) in [7, 11) is 0. The van der Waals surface area contributed by atoms with E-state index in [0.717, 1.165) is 22.9 Å². The summed E-state index contributed by atoms with van der Waals surface area (Å²) in [6, 6.07) is 0. The summed E-state index contributed by atoms with van der Waals surface area (Å²) < 4.78 is 0.794. The molecular formula is C12H16N3O3S2-. The number of aliphatic carboxylic acids is 1. The lowest BCUT2D eigenvalue weighted by Gasteiger charge is -2.30. The minimum Gasteiger partial charge on any atom is -0.550 e. The Balaban J connectivity index is 2.00. The van der Waals surface area contributed by atoms with Gasteiger partial charge in [0.15, 0.2) is 4.34 Å². The molecule has 0 aromatic carbocycles. The minimum atomic E-state index is -1.13. The zero-order valence-electron chi connectivity index (χ0n) is 11.1. The first-order valence-electron chi connectivity index (χ1n) is 6.59. The monoisotopic (exact) mass is 314 g/mol. The normalized spacial score (nSPS) is 22.4. The molecule has 6 nitrogen and oxygen atoms in total. The minimum absolute atomic E-state index is 0.289. The van der Waals surface area contributed by atoms with E-state index in [-0.39, 0.29) is 5.91 Å². The second-order valence-electron chi connectivity index (χ2n) is 4.61. The Hall–Kier alpha value is -1.15. The molecule has 1 aromatic rings. The van der Waals surface area contributed by atoms with Crippen LogP contribution in [0.4, 0.5) is 5.13 Å². The standard InChI is InChI=1S/C12H17N3O3S2/c1-2-19-12-15-14-11(20-12)13-9(16)7-5-3-4-6-8(7)10(17)18/h7-8H,2-6H2,1H3,(H,17,18)(H,13,14,16)/p-1/t7-,8+/m0/s1. The first kappa shape index (κ1) is 15.2. The number of nitrogens with zero attached hydrogens (tertiary/aromatic N) is 2. The number of rotatable bonds is 5. The van der Waals surface area contributed by atoms with Crippen molar-refractivity contribution in [2.24, 2.45) is 11.8 Å². The lowest BCUT2D eigenvalue weighted by atomic mass is 9.79. The second kappa shape index (κ2) is 7.03. The Morgan fingerprint density at radius 3 is 2.70 bits per heavy atom. The highest BCUT2D eigenvalue weighted by Gasteiger charge is 2.32. The summed E-state index contributed by atoms with van der Waals surface area (Å²) in [4.78, 5) is 23.3. The highest BCUT2D eigenvalue weighted by molar-refractivity contribution is 8.01. The van der Waals surface area contributed by atoms with Gasteiger partial charge in [0.2, 0.25) is 11.0 Å². The molecule has 1 aromatic heterocycles. The third-order valence-corrected chi connectivity index (χ3v) is 5.16. The highest BCUT2D eigenvalue weighted by atomic mass is 32.2. The first-order chi connectivity index (χ1) is 9.61. The number of anilines is 1. The maximum atomic E-state index is 12.2. The lowest BCUT2D eigenvalue weighted by molar-refractivity contribution is -0.313. The summed E-state index contributed by atoms with van der Waals surface area (Å²) in [5, 5.41) is 22.0. The van der Waals surface area contributed by atoms with Crippen molar-refractivity contribution in [2.75, 3.05) is 11.1 Å². The Kier molecular flexibility index (Phi) is 5.36. The van der Waals surface area contributed by atoms with Crippen LogP contribution in [0.2, 0.25) is 0 Å². The van der Waals surface area contributed by atoms with Gasteiger partial charge >= 0.3 is 0 Å². The molecule has 2 atom stereocenters. The lowest BCUT2D eigenvalue weighted by Crippen LogP contribution is -2.42. The third-order valence-electron chi connectivity index (χ3n) is 3.31. The molecule has 0 bridgehead atoms. The number of nitrogens with one attached hydrogen (secondary N) is 1. The Morgan fingerprint density at radius 2 is 2.05 bits per heavy atom. The van der Waals surface area contributed by atoms with Crippen molar-refractivity contribution in [3.8, 4) is 0 Å². The average Bonchev–Trinajstić information content (AvgIpc) is 2.86. The number of carboxylic acids is 1. The van der Waals surface area contributed by atoms with Gasteiger partial charge < -0.3 is 15.2 Å². The number of hydrogen-bond donors (Lipinski definition) is 1. The molecule has 0 saturated heterocycles. The van der Waals surface area contributed by atoms with Gasteiger partial charge in [-0.25, -0.2) is 0 Å². The van der Waals surface area contributed by atoms with Gasteiger partial charge in [0.1, 0.15) is 0 Å². The van der Waals surface area contributed by atoms with Crippen LogP contribution in [0.3, 0.4) is 0 Å². The van der Waals surface area contributed by atoms with Crippen molar-refractivity contribution in [2.45, 2.75) is 36.9 Å². The highest BCUT2D eigenvalue weighted by Crippen LogP contribution is 2.31. The molecular weight excluding hydrogens is 298 g/mol. The molecule has 0 radical (unpaired) electrons. The van der Waals surface area contributed by atoms with Crippen LogP contribution >= 0.6 is 23.1 Å². The van der Waals surface area contributed by atoms with Crippen molar-refractivity contribution in [1.82, 2.24) is 10.2 Å². The van der Waals surface area contributed by atoms with Gasteiger partial charge in [0, 0.05) is 17.8 Å². The van der Waals surface area contributed by atoms with E-state index in [2.05, 4.69) is 15.5 Å². The molecule has 0 spiro atoms. The smallest absolute Gasteiger partial charge is 0.229 e. The van der Waals surface area contributed by atoms with Crippen LogP contribution in [0, 0.1) is 11.8 Å². The molecule has 8 heteroatoms. The van der Waals surface area contributed by atoms with Gasteiger partial charge in [0.25, 0.3) is 0 Å². The zero-order valence-corrected chi connectivity index (χ0v) is 12.8. The number of hydrogen-bond acceptors (Lipinski definition) is 7. The van der Waals surface area contributed by atoms with Crippen molar-refractivity contribution in [3.05, 3.63) is 0 Å². The van der Waals surface area contributed by atoms with E-state index in [0.29, 0.717) is 18.0 Å². The van der Waals surface area contributed by atoms with E-state index in [1.807, 2.05) is 6.92 Å². The molecule has 1 aliphatic carbocycles. The quantitative estimate of drug-likeness (QED) is 0.647. The molecule has 2 rings (SSSR count). The van der Waals surface area contributed by atoms with Crippen molar-refractivity contribution >= 4 is 40.1 Å². The SMILES string of the molecule is CCSc1nnc(NC(=O)[C@H]2CCCC[C@H]2C(=O)[O-])s1. The fourth-order valence-electron chi connectivity index (χ4n) is 2.37. The van der Waals surface area contributed by atoms with Crippen LogP contribution in [-0.2, 0) is 9.59 Å². The largest absolute Gasteiger partial charge is 0.550 e. The van der Waals surface area contributed by atoms with Gasteiger partial charge in [-0.3, -0.25) is 4.79 Å². The van der Waals surface area contributed by atoms with Gasteiger partial charge in [-0.05, 0) is 18.6 Å². The molecule has 110 valence electrons. The van der Waals surface area contributed by atoms with Crippen molar-refractivity contribution in [1.29, 1.82) is 0 Å². The predicted octanol–water partition coefficient (Wildman–Crippen LogP) is 1.14. The average molecular weight is 314 g/mol. The van der Waals surface area contributed by atoms with Gasteiger partial charge in [0.05, 0.1) is 0 Å². The summed E-state index contributed by atoms with van der Waals surface area (Å²) >= 11 is 2.86. The topological polar surface area (TPSA) is 95.0 Å². The van der Waals surface area contributed by atoms with E-state index < -0.39 is 17.8 Å². The Bertz CT molecular complexity index is 492. The molecule has 0 aliphatic heterocycles. The van der Waals surface area contributed by atoms with E-state index in [4.69, 9.17) is 0 Å². The number of carboxylic acid groups (broad SMARTS) is 1. The zero-order chi connectivity index (χ0) is 14.5. The molecule has 1 saturated carbocycles. The Morgan fingerprint density at radius 1 is 1.35 bits per heavy atom.